The Balaban J connectivity index is 3.12. The fourth-order valence-corrected chi connectivity index (χ4v) is 1.91. The van der Waals surface area contributed by atoms with E-state index in [2.05, 4.69) is 27.7 Å². The maximum absolute atomic E-state index is 5.65. The Hall–Kier alpha value is 0.310. The fraction of sp³-hybridized carbons (Fsp3) is 1.00. The third-order valence-corrected chi connectivity index (χ3v) is 2.95. The molecule has 0 fully saturated rings. The van der Waals surface area contributed by atoms with Gasteiger partial charge < -0.3 is 5.73 Å². The summed E-state index contributed by atoms with van der Waals surface area (Å²) in [5, 5.41) is 0. The van der Waals surface area contributed by atoms with Crippen molar-refractivity contribution < 1.29 is 0 Å². The Morgan fingerprint density at radius 3 is 2.25 bits per heavy atom. The van der Waals surface area contributed by atoms with Crippen molar-refractivity contribution in [1.82, 2.24) is 0 Å². The molecule has 0 rings (SSSR count). The van der Waals surface area contributed by atoms with Crippen molar-refractivity contribution in [2.24, 2.45) is 5.73 Å². The first kappa shape index (κ1) is 12.3. The van der Waals surface area contributed by atoms with Crippen molar-refractivity contribution in [3.8, 4) is 0 Å². The lowest BCUT2D eigenvalue weighted by Gasteiger charge is -2.17. The normalized spacial score (nSPS) is 14.8. The lowest BCUT2D eigenvalue weighted by atomic mass is 10.2. The molecule has 1 unspecified atom stereocenters. The van der Waals surface area contributed by atoms with E-state index in [1.807, 2.05) is 11.8 Å². The van der Waals surface area contributed by atoms with Crippen LogP contribution in [0.15, 0.2) is 0 Å². The monoisotopic (exact) mass is 189 g/mol. The topological polar surface area (TPSA) is 26.0 Å². The first-order valence-electron chi connectivity index (χ1n) is 4.81. The van der Waals surface area contributed by atoms with E-state index in [0.29, 0.717) is 10.8 Å². The molecule has 2 N–H and O–H groups in total. The highest BCUT2D eigenvalue weighted by atomic mass is 32.2. The molecule has 0 saturated carbocycles. The number of rotatable bonds is 5. The molecule has 0 radical (unpaired) electrons. The standard InChI is InChI=1S/C10H23NS/c1-9(11)7-5-6-8-12-10(2,3)4/h9H,5-8,11H2,1-4H3. The van der Waals surface area contributed by atoms with Gasteiger partial charge in [0, 0.05) is 10.8 Å². The van der Waals surface area contributed by atoms with Crippen LogP contribution in [0, 0.1) is 0 Å². The van der Waals surface area contributed by atoms with E-state index in [0.717, 1.165) is 0 Å². The van der Waals surface area contributed by atoms with Crippen molar-refractivity contribution in [2.45, 2.75) is 57.7 Å². The highest BCUT2D eigenvalue weighted by Gasteiger charge is 2.09. The van der Waals surface area contributed by atoms with Crippen molar-refractivity contribution >= 4 is 11.8 Å². The van der Waals surface area contributed by atoms with Gasteiger partial charge in [0.05, 0.1) is 0 Å². The molecule has 0 aliphatic heterocycles. The zero-order valence-corrected chi connectivity index (χ0v) is 9.71. The van der Waals surface area contributed by atoms with E-state index >= 15 is 0 Å². The van der Waals surface area contributed by atoms with E-state index in [1.54, 1.807) is 0 Å². The number of nitrogens with two attached hydrogens (primary N) is 1. The average Bonchev–Trinajstić information content (AvgIpc) is 1.83. The van der Waals surface area contributed by atoms with Gasteiger partial charge in [0.25, 0.3) is 0 Å². The molecule has 0 aliphatic carbocycles. The molecule has 0 amide bonds. The molecule has 0 saturated heterocycles. The van der Waals surface area contributed by atoms with Crippen LogP contribution in [0.1, 0.15) is 47.0 Å². The number of unbranched alkanes of at least 4 members (excludes halogenated alkanes) is 1. The Morgan fingerprint density at radius 2 is 1.83 bits per heavy atom. The van der Waals surface area contributed by atoms with Crippen LogP contribution < -0.4 is 5.73 Å². The van der Waals surface area contributed by atoms with E-state index in [1.165, 1.54) is 25.0 Å². The van der Waals surface area contributed by atoms with Gasteiger partial charge in [0.1, 0.15) is 0 Å². The van der Waals surface area contributed by atoms with Gasteiger partial charge >= 0.3 is 0 Å². The van der Waals surface area contributed by atoms with E-state index < -0.39 is 0 Å². The molecule has 2 heteroatoms. The number of hydrogen-bond donors (Lipinski definition) is 1. The Labute approximate surface area is 81.5 Å². The molecule has 0 aromatic carbocycles. The summed E-state index contributed by atoms with van der Waals surface area (Å²) in [6.07, 6.45) is 3.76. The molecule has 0 heterocycles. The van der Waals surface area contributed by atoms with Crippen LogP contribution in [0.4, 0.5) is 0 Å². The van der Waals surface area contributed by atoms with Crippen molar-refractivity contribution in [3.05, 3.63) is 0 Å². The molecule has 0 aromatic heterocycles. The fourth-order valence-electron chi connectivity index (χ4n) is 0.947. The minimum atomic E-state index is 0.379. The van der Waals surface area contributed by atoms with Crippen LogP contribution >= 0.6 is 11.8 Å². The summed E-state index contributed by atoms with van der Waals surface area (Å²) in [5.74, 6) is 1.27. The van der Waals surface area contributed by atoms with Gasteiger partial charge in [-0.25, -0.2) is 0 Å². The lowest BCUT2D eigenvalue weighted by Crippen LogP contribution is -2.14. The summed E-state index contributed by atoms with van der Waals surface area (Å²) >= 11 is 2.04. The second-order valence-electron chi connectivity index (χ2n) is 4.43. The summed E-state index contributed by atoms with van der Waals surface area (Å²) in [6, 6.07) is 0.379. The van der Waals surface area contributed by atoms with Gasteiger partial charge in [-0.2, -0.15) is 11.8 Å². The first-order valence-corrected chi connectivity index (χ1v) is 5.80. The molecule has 1 atom stereocenters. The summed E-state index contributed by atoms with van der Waals surface area (Å²) < 4.78 is 0.425. The summed E-state index contributed by atoms with van der Waals surface area (Å²) in [7, 11) is 0. The maximum Gasteiger partial charge on any atom is 0.00750 e. The van der Waals surface area contributed by atoms with Crippen LogP contribution in [0.2, 0.25) is 0 Å². The second-order valence-corrected chi connectivity index (χ2v) is 6.36. The molecule has 12 heavy (non-hydrogen) atoms. The van der Waals surface area contributed by atoms with Crippen LogP contribution in [0.5, 0.6) is 0 Å². The molecule has 74 valence electrons. The summed E-state index contributed by atoms with van der Waals surface area (Å²) in [5.41, 5.74) is 5.65. The Kier molecular flexibility index (Phi) is 6.02. The smallest absolute Gasteiger partial charge is 0.00750 e. The average molecular weight is 189 g/mol. The SMILES string of the molecule is CC(N)CCCCSC(C)(C)C. The van der Waals surface area contributed by atoms with Gasteiger partial charge in [0.15, 0.2) is 0 Å². The number of thioether (sulfide) groups is 1. The van der Waals surface area contributed by atoms with Crippen LogP contribution in [0.25, 0.3) is 0 Å². The van der Waals surface area contributed by atoms with Crippen LogP contribution in [0.3, 0.4) is 0 Å². The maximum atomic E-state index is 5.65. The van der Waals surface area contributed by atoms with Gasteiger partial charge in [-0.1, -0.05) is 27.2 Å². The molecule has 1 nitrogen and oxygen atoms in total. The van der Waals surface area contributed by atoms with E-state index in [-0.39, 0.29) is 0 Å². The van der Waals surface area contributed by atoms with Crippen molar-refractivity contribution in [1.29, 1.82) is 0 Å². The molecule has 0 bridgehead atoms. The predicted octanol–water partition coefficient (Wildman–Crippen LogP) is 3.04. The van der Waals surface area contributed by atoms with E-state index in [4.69, 9.17) is 5.73 Å². The second kappa shape index (κ2) is 5.87. The van der Waals surface area contributed by atoms with Gasteiger partial charge in [-0.15, -0.1) is 0 Å². The zero-order valence-electron chi connectivity index (χ0n) is 8.89. The molecule has 0 aliphatic rings. The largest absolute Gasteiger partial charge is 0.328 e. The minimum Gasteiger partial charge on any atom is -0.328 e. The van der Waals surface area contributed by atoms with Gasteiger partial charge in [-0.3, -0.25) is 0 Å². The van der Waals surface area contributed by atoms with Crippen molar-refractivity contribution in [2.75, 3.05) is 5.75 Å². The van der Waals surface area contributed by atoms with Crippen molar-refractivity contribution in [3.63, 3.8) is 0 Å². The molecular formula is C10H23NS. The molecular weight excluding hydrogens is 166 g/mol. The molecule has 0 aromatic rings. The van der Waals surface area contributed by atoms with Gasteiger partial charge in [0.2, 0.25) is 0 Å². The third-order valence-electron chi connectivity index (χ3n) is 1.59. The summed E-state index contributed by atoms with van der Waals surface area (Å²) in [4.78, 5) is 0. The minimum absolute atomic E-state index is 0.379. The van der Waals surface area contributed by atoms with Crippen LogP contribution in [-0.4, -0.2) is 16.5 Å². The third kappa shape index (κ3) is 10.3. The highest BCUT2D eigenvalue weighted by molar-refractivity contribution is 8.00. The van der Waals surface area contributed by atoms with Gasteiger partial charge in [-0.05, 0) is 25.5 Å². The quantitative estimate of drug-likeness (QED) is 0.673. The van der Waals surface area contributed by atoms with Crippen LogP contribution in [-0.2, 0) is 0 Å². The number of hydrogen-bond acceptors (Lipinski definition) is 2. The Bertz CT molecular complexity index is 105. The first-order chi connectivity index (χ1) is 5.42. The Morgan fingerprint density at radius 1 is 1.25 bits per heavy atom. The zero-order chi connectivity index (χ0) is 9.61. The van der Waals surface area contributed by atoms with E-state index in [9.17, 15) is 0 Å². The summed E-state index contributed by atoms with van der Waals surface area (Å²) in [6.45, 7) is 8.88. The molecule has 0 spiro atoms. The predicted molar refractivity (Wildman–Crippen MR) is 59.7 cm³/mol. The lowest BCUT2D eigenvalue weighted by molar-refractivity contribution is 0.617. The highest BCUT2D eigenvalue weighted by Crippen LogP contribution is 2.24.